The number of aromatic nitrogens is 1. The summed E-state index contributed by atoms with van der Waals surface area (Å²) in [6.07, 6.45) is 2.43. The molecule has 14 atom stereocenters. The van der Waals surface area contributed by atoms with Crippen LogP contribution in [0.5, 0.6) is 28.7 Å². The van der Waals surface area contributed by atoms with Gasteiger partial charge in [-0.1, -0.05) is 31.2 Å². The van der Waals surface area contributed by atoms with Crippen molar-refractivity contribution < 1.29 is 74.1 Å². The summed E-state index contributed by atoms with van der Waals surface area (Å²) in [5.74, 6) is -3.46. The molecule has 14 rings (SSSR count). The molecule has 22 nitrogen and oxygen atoms in total. The molecule has 83 heavy (non-hydrogen) atoms. The predicted molar refractivity (Wildman–Crippen MR) is 296 cm³/mol. The fraction of sp³-hybridized carbons (Fsp3) is 0.410. The van der Waals surface area contributed by atoms with E-state index in [2.05, 4.69) is 45.2 Å². The number of anilines is 1. The van der Waals surface area contributed by atoms with Crippen molar-refractivity contribution in [2.45, 2.75) is 99.7 Å². The number of dihydropyridines is 1. The number of fused-ring (bicyclic) bond motifs is 5. The number of hydrogen-bond acceptors (Lipinski definition) is 20. The van der Waals surface area contributed by atoms with Crippen molar-refractivity contribution in [1.29, 1.82) is 0 Å². The van der Waals surface area contributed by atoms with E-state index < -0.39 is 117 Å². The quantitative estimate of drug-likeness (QED) is 0.0561. The second kappa shape index (κ2) is 18.4. The maximum Gasteiger partial charge on any atom is 0.336 e. The Morgan fingerprint density at radius 3 is 2.51 bits per heavy atom. The summed E-state index contributed by atoms with van der Waals surface area (Å²) in [4.78, 5) is 31.4. The predicted octanol–water partition coefficient (Wildman–Crippen LogP) is 3.12. The van der Waals surface area contributed by atoms with Gasteiger partial charge < -0.3 is 96.4 Å². The van der Waals surface area contributed by atoms with Gasteiger partial charge in [-0.15, -0.1) is 0 Å². The SMILES string of the molecule is CCc1cc(O)cc([C@H](O)Oc2c(O[C@@H]3O[C@H](C(=O)O)[C@]4(O)[C@@H](O)[C@]3(O)C=C3[C@@]56C7=C8CC[C@@]59C=C[C@@H](C[C@]34[C@@H]3CNCN3)[C@]6(C=CC7=C(N)NC8)CC9)cc3oc(-c4ccc(O[C@H](CO)[C@H](O)c5ccc(N)[nH]5)cc4)cc(=O)c3c2O)c1. The van der Waals surface area contributed by atoms with Crippen LogP contribution in [0.15, 0.2) is 134 Å². The molecule has 6 aliphatic carbocycles. The number of aromatic hydroxyl groups is 2. The molecule has 3 aliphatic heterocycles. The van der Waals surface area contributed by atoms with Crippen molar-refractivity contribution >= 4 is 22.8 Å². The van der Waals surface area contributed by atoms with E-state index in [0.717, 1.165) is 28.9 Å². The van der Waals surface area contributed by atoms with Crippen LogP contribution >= 0.6 is 0 Å². The van der Waals surface area contributed by atoms with Crippen LogP contribution in [0.4, 0.5) is 5.82 Å². The molecule has 2 saturated carbocycles. The number of aliphatic hydroxyl groups excluding tert-OH is 4. The Labute approximate surface area is 473 Å². The molecule has 9 aliphatic rings. The second-order valence-electron chi connectivity index (χ2n) is 23.8. The maximum absolute atomic E-state index is 14.3. The Hall–Kier alpha value is -7.64. The number of hydrogen-bond donors (Lipinski definition) is 15. The number of carboxylic acids is 1. The first-order valence-electron chi connectivity index (χ1n) is 28.0. The van der Waals surface area contributed by atoms with E-state index in [1.165, 1.54) is 42.5 Å². The Bertz CT molecular complexity index is 3790. The van der Waals surface area contributed by atoms with Gasteiger partial charge in [-0.05, 0) is 127 Å². The van der Waals surface area contributed by atoms with Gasteiger partial charge >= 0.3 is 5.97 Å². The summed E-state index contributed by atoms with van der Waals surface area (Å²) in [5, 5.41) is 118. The highest BCUT2D eigenvalue weighted by Crippen LogP contribution is 2.87. The van der Waals surface area contributed by atoms with E-state index in [0.29, 0.717) is 79.4 Å². The van der Waals surface area contributed by atoms with Crippen molar-refractivity contribution in [2.75, 3.05) is 32.1 Å². The highest BCUT2D eigenvalue weighted by atomic mass is 16.7. The number of carbonyl (C=O) groups is 1. The number of nitrogens with one attached hydrogen (secondary N) is 4. The monoisotopic (exact) mass is 1140 g/mol. The zero-order valence-electron chi connectivity index (χ0n) is 45.0. The molecule has 434 valence electrons. The topological polar surface area (TPSA) is 370 Å². The van der Waals surface area contributed by atoms with Gasteiger partial charge in [0.25, 0.3) is 0 Å². The molecule has 0 unspecified atom stereocenters. The molecule has 3 aromatic carbocycles. The Kier molecular flexibility index (Phi) is 11.9. The summed E-state index contributed by atoms with van der Waals surface area (Å²) in [5.41, 5.74) is 6.55. The average molecular weight is 1140 g/mol. The number of nitrogen functional groups attached to an aromatic ring is 1. The maximum atomic E-state index is 14.3. The molecule has 2 aromatic heterocycles. The third-order valence-electron chi connectivity index (χ3n) is 20.1. The van der Waals surface area contributed by atoms with Crippen LogP contribution < -0.4 is 47.1 Å². The third kappa shape index (κ3) is 7.03. The summed E-state index contributed by atoms with van der Waals surface area (Å²) >= 11 is 0. The first kappa shape index (κ1) is 53.4. The van der Waals surface area contributed by atoms with Gasteiger partial charge in [-0.2, -0.15) is 0 Å². The second-order valence-corrected chi connectivity index (χ2v) is 23.8. The highest BCUT2D eigenvalue weighted by Gasteiger charge is 2.87. The van der Waals surface area contributed by atoms with Crippen LogP contribution in [0, 0.1) is 27.6 Å². The number of aliphatic carboxylic acids is 1. The van der Waals surface area contributed by atoms with Gasteiger partial charge in [-0.25, -0.2) is 4.79 Å². The largest absolute Gasteiger partial charge is 0.508 e. The summed E-state index contributed by atoms with van der Waals surface area (Å²) < 4.78 is 31.5. The van der Waals surface area contributed by atoms with Crippen LogP contribution in [0.2, 0.25) is 0 Å². The molecule has 22 heteroatoms. The van der Waals surface area contributed by atoms with Crippen LogP contribution in [0.3, 0.4) is 0 Å². The molecule has 5 aromatic rings. The highest BCUT2D eigenvalue weighted by molar-refractivity contribution is 5.90. The first-order chi connectivity index (χ1) is 39.8. The van der Waals surface area contributed by atoms with Crippen molar-refractivity contribution in [2.24, 2.45) is 33.3 Å². The van der Waals surface area contributed by atoms with Gasteiger partial charge in [0.2, 0.25) is 18.3 Å². The normalized spacial score (nSPS) is 34.3. The van der Waals surface area contributed by atoms with Crippen molar-refractivity contribution in [3.8, 4) is 40.1 Å². The minimum atomic E-state index is -2.83. The molecule has 1 spiro atoms. The molecular weight excluding hydrogens is 1070 g/mol. The zero-order chi connectivity index (χ0) is 57.9. The van der Waals surface area contributed by atoms with Crippen molar-refractivity contribution in [3.05, 3.63) is 152 Å². The van der Waals surface area contributed by atoms with E-state index in [4.69, 9.17) is 34.8 Å². The smallest absolute Gasteiger partial charge is 0.336 e. The first-order valence-corrected chi connectivity index (χ1v) is 28.0. The van der Waals surface area contributed by atoms with E-state index in [1.807, 2.05) is 6.92 Å². The lowest BCUT2D eigenvalue weighted by molar-refractivity contribution is -0.365. The van der Waals surface area contributed by atoms with Gasteiger partial charge in [0, 0.05) is 82.0 Å². The standard InChI is InChI=1S/C61H64N6O16/c1-2-28-17-31(19-33(69)18-28)53(75)82-49-40(21-39-45(48(49)72)37(70)20-38(80-39)29-3-5-34(6-4-29)79-41(26-68)47(71)36-7-8-44(62)67-36)81-55-59(77)23-42-58(43-25-64-27-66-43,61(78,54(59)76)50(83-55)52(73)74)22-32-10-13-56-12-9-30-24-65-51(63)35-11-14-57(32,16-15-56)60(42,56)46(30)35/h3-8,10-11,13-14,17-21,23,32,41,43,47,50,53-55,64-69,71-72,75-78H,2,9,12,15-16,22,24-27,62-63H2,1H3,(H,73,74)/t32-,41+,43-,47+,50+,53+,54-,55+,56-,57-,58+,59+,60+,61-/m0/s1. The molecular formula is C61H64N6O16. The number of phenolic OH excluding ortho intramolecular Hbond substituents is 2. The van der Waals surface area contributed by atoms with E-state index in [-0.39, 0.29) is 47.3 Å². The Balaban J connectivity index is 0.935. The fourth-order valence-electron chi connectivity index (χ4n) is 16.6. The number of carboxylic acid groups (broad SMARTS) is 1. The van der Waals surface area contributed by atoms with Crippen LogP contribution in [-0.2, 0) is 16.0 Å². The van der Waals surface area contributed by atoms with Crippen LogP contribution in [-0.4, -0.2) is 125 Å². The summed E-state index contributed by atoms with van der Waals surface area (Å²) in [6.45, 7) is 2.25. The Morgan fingerprint density at radius 1 is 0.976 bits per heavy atom. The fourth-order valence-corrected chi connectivity index (χ4v) is 16.6. The van der Waals surface area contributed by atoms with E-state index in [9.17, 15) is 55.5 Å². The number of aliphatic hydroxyl groups is 6. The number of nitrogens with two attached hydrogens (primary N) is 2. The van der Waals surface area contributed by atoms with Gasteiger partial charge in [0.1, 0.15) is 57.7 Å². The number of rotatable bonds is 14. The summed E-state index contributed by atoms with van der Waals surface area (Å²) in [7, 11) is 0. The number of ether oxygens (including phenoxy) is 4. The minimum absolute atomic E-state index is 0.0238. The number of aromatic amines is 1. The number of benzene rings is 3. The van der Waals surface area contributed by atoms with E-state index in [1.54, 1.807) is 18.2 Å². The molecule has 0 amide bonds. The van der Waals surface area contributed by atoms with Gasteiger partial charge in [-0.3, -0.25) is 10.1 Å². The Morgan fingerprint density at radius 2 is 1.78 bits per heavy atom. The van der Waals surface area contributed by atoms with E-state index >= 15 is 0 Å². The number of H-pyrrole nitrogens is 1. The van der Waals surface area contributed by atoms with Crippen molar-refractivity contribution in [1.82, 2.24) is 20.9 Å². The zero-order valence-corrected chi connectivity index (χ0v) is 45.0. The van der Waals surface area contributed by atoms with Crippen LogP contribution in [0.1, 0.15) is 68.2 Å². The summed E-state index contributed by atoms with van der Waals surface area (Å²) in [6, 6.07) is 15.0. The lowest BCUT2D eigenvalue weighted by atomic mass is 9.29. The minimum Gasteiger partial charge on any atom is -0.508 e. The molecule has 5 heterocycles. The molecule has 0 radical (unpaired) electrons. The number of aryl methyl sites for hydroxylation is 1. The van der Waals surface area contributed by atoms with Crippen LogP contribution in [0.25, 0.3) is 22.3 Å². The van der Waals surface area contributed by atoms with Gasteiger partial charge in [0.05, 0.1) is 6.61 Å². The average Bonchev–Trinajstić information content (AvgIpc) is 1.61. The molecule has 6 bridgehead atoms. The lowest BCUT2D eigenvalue weighted by Gasteiger charge is -2.76. The lowest BCUT2D eigenvalue weighted by Crippen LogP contribution is -2.86. The van der Waals surface area contributed by atoms with Crippen molar-refractivity contribution in [3.63, 3.8) is 0 Å². The number of phenols is 2. The number of allylic oxidation sites excluding steroid dienone is 6. The molecule has 2 saturated heterocycles. The molecule has 4 fully saturated rings. The third-order valence-corrected chi connectivity index (χ3v) is 20.1. The molecule has 17 N–H and O–H groups in total. The van der Waals surface area contributed by atoms with Gasteiger partial charge in [0.15, 0.2) is 34.7 Å².